The molecule has 2 heterocycles. The number of phenolic OH excluding ortho intramolecular Hbond substituents is 1. The largest absolute Gasteiger partial charge is 0.507 e. The normalized spacial score (nSPS) is 22.8. The Labute approximate surface area is 185 Å². The van der Waals surface area contributed by atoms with Gasteiger partial charge < -0.3 is 9.84 Å². The van der Waals surface area contributed by atoms with Crippen molar-refractivity contribution < 1.29 is 14.6 Å². The average Bonchev–Trinajstić information content (AvgIpc) is 3.01. The van der Waals surface area contributed by atoms with Crippen molar-refractivity contribution in [3.05, 3.63) is 63.9 Å². The molecule has 1 N–H and O–H groups in total. The second kappa shape index (κ2) is 8.51. The third kappa shape index (κ3) is 4.40. The summed E-state index contributed by atoms with van der Waals surface area (Å²) in [5, 5.41) is 10.7. The number of likely N-dealkylation sites (tertiary alicyclic amines) is 1. The standard InChI is InChI=1S/C27H33NO3/c1-16(2)21-8-6-20(7-9-21)12-24-26(30)25-19(5)11-23(29)22(27(25)31-24)15-28-13-17(3)10-18(4)14-28/h6-9,11-12,16-18,29H,10,13-15H2,1-5H3/b24-12+. The molecule has 4 heteroatoms. The van der Waals surface area contributed by atoms with Gasteiger partial charge in [0.05, 0.1) is 11.1 Å². The van der Waals surface area contributed by atoms with Gasteiger partial charge in [0.1, 0.15) is 11.5 Å². The molecule has 2 aromatic rings. The highest BCUT2D eigenvalue weighted by Crippen LogP contribution is 2.42. The van der Waals surface area contributed by atoms with E-state index in [0.29, 0.717) is 46.9 Å². The van der Waals surface area contributed by atoms with Crippen molar-refractivity contribution in [2.75, 3.05) is 13.1 Å². The first-order chi connectivity index (χ1) is 14.7. The molecule has 0 aromatic heterocycles. The third-order valence-corrected chi connectivity index (χ3v) is 6.45. The number of ketones is 1. The summed E-state index contributed by atoms with van der Waals surface area (Å²) in [5.74, 6) is 2.65. The smallest absolute Gasteiger partial charge is 0.232 e. The molecule has 2 aliphatic rings. The van der Waals surface area contributed by atoms with Gasteiger partial charge in [-0.25, -0.2) is 0 Å². The van der Waals surface area contributed by atoms with Gasteiger partial charge >= 0.3 is 0 Å². The van der Waals surface area contributed by atoms with Crippen molar-refractivity contribution >= 4 is 11.9 Å². The van der Waals surface area contributed by atoms with Crippen LogP contribution in [-0.4, -0.2) is 28.9 Å². The Morgan fingerprint density at radius 1 is 1.16 bits per heavy atom. The number of hydrogen-bond acceptors (Lipinski definition) is 4. The maximum absolute atomic E-state index is 13.2. The number of aromatic hydroxyl groups is 1. The summed E-state index contributed by atoms with van der Waals surface area (Å²) < 4.78 is 6.11. The molecular formula is C27H33NO3. The molecule has 4 rings (SSSR count). The number of allylic oxidation sites excluding steroid dienone is 1. The zero-order valence-corrected chi connectivity index (χ0v) is 19.2. The molecule has 1 fully saturated rings. The minimum absolute atomic E-state index is 0.109. The van der Waals surface area contributed by atoms with E-state index in [1.807, 2.05) is 19.1 Å². The molecule has 1 saturated heterocycles. The number of ether oxygens (including phenoxy) is 1. The average molecular weight is 420 g/mol. The molecule has 0 amide bonds. The highest BCUT2D eigenvalue weighted by Gasteiger charge is 2.34. The van der Waals surface area contributed by atoms with E-state index >= 15 is 0 Å². The van der Waals surface area contributed by atoms with Crippen LogP contribution in [0.25, 0.3) is 6.08 Å². The van der Waals surface area contributed by atoms with Crippen LogP contribution in [0.5, 0.6) is 11.5 Å². The molecule has 0 spiro atoms. The molecule has 0 aliphatic carbocycles. The Bertz CT molecular complexity index is 1010. The second-order valence-electron chi connectivity index (χ2n) is 9.80. The third-order valence-electron chi connectivity index (χ3n) is 6.45. The van der Waals surface area contributed by atoms with Crippen LogP contribution in [0.1, 0.15) is 72.6 Å². The summed E-state index contributed by atoms with van der Waals surface area (Å²) in [6, 6.07) is 9.91. The van der Waals surface area contributed by atoms with Crippen LogP contribution in [0.4, 0.5) is 0 Å². The highest BCUT2D eigenvalue weighted by molar-refractivity contribution is 6.15. The van der Waals surface area contributed by atoms with E-state index in [1.165, 1.54) is 12.0 Å². The summed E-state index contributed by atoms with van der Waals surface area (Å²) in [7, 11) is 0. The van der Waals surface area contributed by atoms with Crippen LogP contribution in [-0.2, 0) is 6.54 Å². The van der Waals surface area contributed by atoms with Crippen molar-refractivity contribution in [3.63, 3.8) is 0 Å². The van der Waals surface area contributed by atoms with Crippen molar-refractivity contribution in [1.82, 2.24) is 4.90 Å². The molecule has 4 nitrogen and oxygen atoms in total. The molecule has 0 radical (unpaired) electrons. The number of piperidine rings is 1. The Hall–Kier alpha value is -2.59. The number of phenols is 1. The first kappa shape index (κ1) is 21.6. The minimum atomic E-state index is -0.109. The Morgan fingerprint density at radius 3 is 2.42 bits per heavy atom. The number of carbonyl (C=O) groups excluding carboxylic acids is 1. The maximum atomic E-state index is 13.2. The quantitative estimate of drug-likeness (QED) is 0.625. The van der Waals surface area contributed by atoms with Crippen molar-refractivity contribution in [1.29, 1.82) is 0 Å². The van der Waals surface area contributed by atoms with Crippen LogP contribution in [0, 0.1) is 18.8 Å². The van der Waals surface area contributed by atoms with E-state index < -0.39 is 0 Å². The zero-order valence-electron chi connectivity index (χ0n) is 19.2. The molecular weight excluding hydrogens is 386 g/mol. The van der Waals surface area contributed by atoms with E-state index in [4.69, 9.17) is 4.74 Å². The van der Waals surface area contributed by atoms with E-state index in [2.05, 4.69) is 44.7 Å². The number of nitrogens with zero attached hydrogens (tertiary/aromatic N) is 1. The molecule has 2 aromatic carbocycles. The van der Waals surface area contributed by atoms with Crippen LogP contribution >= 0.6 is 0 Å². The van der Waals surface area contributed by atoms with Crippen LogP contribution in [0.3, 0.4) is 0 Å². The highest BCUT2D eigenvalue weighted by atomic mass is 16.5. The number of benzene rings is 2. The van der Waals surface area contributed by atoms with Gasteiger partial charge in [-0.2, -0.15) is 0 Å². The molecule has 0 bridgehead atoms. The lowest BCUT2D eigenvalue weighted by Crippen LogP contribution is -2.38. The number of Topliss-reactive ketones (excluding diaryl/α,β-unsaturated/α-hetero) is 1. The molecule has 2 atom stereocenters. The van der Waals surface area contributed by atoms with Gasteiger partial charge in [-0.3, -0.25) is 9.69 Å². The lowest BCUT2D eigenvalue weighted by molar-refractivity contribution is 0.101. The Balaban J connectivity index is 1.65. The lowest BCUT2D eigenvalue weighted by Gasteiger charge is -2.35. The first-order valence-electron chi connectivity index (χ1n) is 11.3. The van der Waals surface area contributed by atoms with E-state index in [-0.39, 0.29) is 11.5 Å². The number of carbonyl (C=O) groups is 1. The number of fused-ring (bicyclic) bond motifs is 1. The molecule has 2 aliphatic heterocycles. The molecule has 164 valence electrons. The fourth-order valence-corrected chi connectivity index (χ4v) is 5.01. The summed E-state index contributed by atoms with van der Waals surface area (Å²) in [5.41, 5.74) is 4.24. The fourth-order valence-electron chi connectivity index (χ4n) is 5.01. The van der Waals surface area contributed by atoms with Crippen LogP contribution in [0.15, 0.2) is 36.1 Å². The SMILES string of the molecule is Cc1cc(O)c(CN2CC(C)CC(C)C2)c2c1C(=O)/C(=C\c1ccc(C(C)C)cc1)O2. The Morgan fingerprint density at radius 2 is 1.81 bits per heavy atom. The first-order valence-corrected chi connectivity index (χ1v) is 11.3. The molecule has 31 heavy (non-hydrogen) atoms. The van der Waals surface area contributed by atoms with Gasteiger partial charge in [0.2, 0.25) is 5.78 Å². The van der Waals surface area contributed by atoms with Crippen molar-refractivity contribution in [2.45, 2.75) is 53.5 Å². The van der Waals surface area contributed by atoms with Crippen LogP contribution in [0.2, 0.25) is 0 Å². The van der Waals surface area contributed by atoms with Gasteiger partial charge in [-0.1, -0.05) is 52.0 Å². The zero-order chi connectivity index (χ0) is 22.3. The summed E-state index contributed by atoms with van der Waals surface area (Å²) in [6.45, 7) is 13.3. The lowest BCUT2D eigenvalue weighted by atomic mass is 9.91. The summed E-state index contributed by atoms with van der Waals surface area (Å²) >= 11 is 0. The van der Waals surface area contributed by atoms with Gasteiger partial charge in [0, 0.05) is 19.6 Å². The predicted octanol–water partition coefficient (Wildman–Crippen LogP) is 5.92. The van der Waals surface area contributed by atoms with Crippen molar-refractivity contribution in [3.8, 4) is 11.5 Å². The summed E-state index contributed by atoms with van der Waals surface area (Å²) in [4.78, 5) is 15.5. The summed E-state index contributed by atoms with van der Waals surface area (Å²) in [6.07, 6.45) is 3.03. The Kier molecular flexibility index (Phi) is 5.94. The maximum Gasteiger partial charge on any atom is 0.232 e. The topological polar surface area (TPSA) is 49.8 Å². The van der Waals surface area contributed by atoms with E-state index in [0.717, 1.165) is 24.2 Å². The van der Waals surface area contributed by atoms with Gasteiger partial charge in [0.15, 0.2) is 5.76 Å². The van der Waals surface area contributed by atoms with Gasteiger partial charge in [0.25, 0.3) is 0 Å². The fraction of sp³-hybridized carbons (Fsp3) is 0.444. The van der Waals surface area contributed by atoms with Gasteiger partial charge in [-0.15, -0.1) is 0 Å². The molecule has 0 saturated carbocycles. The van der Waals surface area contributed by atoms with Gasteiger partial charge in [-0.05, 0) is 59.9 Å². The number of hydrogen-bond donors (Lipinski definition) is 1. The van der Waals surface area contributed by atoms with Crippen molar-refractivity contribution in [2.24, 2.45) is 11.8 Å². The molecule has 2 unspecified atom stereocenters. The second-order valence-corrected chi connectivity index (χ2v) is 9.80. The number of rotatable bonds is 4. The minimum Gasteiger partial charge on any atom is -0.507 e. The van der Waals surface area contributed by atoms with Crippen LogP contribution < -0.4 is 4.74 Å². The van der Waals surface area contributed by atoms with E-state index in [1.54, 1.807) is 12.1 Å². The monoisotopic (exact) mass is 419 g/mol. The van der Waals surface area contributed by atoms with E-state index in [9.17, 15) is 9.90 Å². The number of aryl methyl sites for hydroxylation is 1. The predicted molar refractivity (Wildman–Crippen MR) is 125 cm³/mol.